The minimum absolute atomic E-state index is 0.0779. The second-order valence-electron chi connectivity index (χ2n) is 10.4. The molecule has 1 saturated heterocycles. The standard InChI is InChI=1S/C25H36N2O7/c1-13(2)7-17(21(30)25(11-29)12-33-25)26-22(31)18(10-28)27-23(32)20-14(3)8-19-16(15(20)4)9-24(5,6)34-19/h8,13,17-18,28-29H,7,9-12H2,1-6H3,(H,26,31)(H,27,32)/t17?,18?,25-/m1/s1. The fourth-order valence-electron chi connectivity index (χ4n) is 4.52. The Hall–Kier alpha value is -2.49. The number of nitrogens with one attached hydrogen (secondary N) is 2. The average Bonchev–Trinajstić information content (AvgIpc) is 3.48. The van der Waals surface area contributed by atoms with E-state index in [4.69, 9.17) is 9.47 Å². The highest BCUT2D eigenvalue weighted by molar-refractivity contribution is 6.02. The molecule has 9 heteroatoms. The molecule has 34 heavy (non-hydrogen) atoms. The van der Waals surface area contributed by atoms with E-state index in [0.717, 1.165) is 16.9 Å². The molecule has 2 unspecified atom stereocenters. The van der Waals surface area contributed by atoms with Crippen molar-refractivity contribution in [2.75, 3.05) is 19.8 Å². The van der Waals surface area contributed by atoms with Gasteiger partial charge in [0.1, 0.15) is 17.4 Å². The van der Waals surface area contributed by atoms with Gasteiger partial charge < -0.3 is 30.3 Å². The molecule has 2 aliphatic heterocycles. The SMILES string of the molecule is Cc1cc2c(c(C)c1C(=O)NC(CO)C(=O)NC(CC(C)C)C(=O)[C@@]1(CO)CO1)CC(C)(C)O2. The summed E-state index contributed by atoms with van der Waals surface area (Å²) >= 11 is 0. The predicted octanol–water partition coefficient (Wildman–Crippen LogP) is 0.969. The normalized spacial score (nSPS) is 21.9. The lowest BCUT2D eigenvalue weighted by molar-refractivity contribution is -0.133. The number of aliphatic hydroxyl groups excluding tert-OH is 2. The van der Waals surface area contributed by atoms with Gasteiger partial charge in [-0.3, -0.25) is 14.4 Å². The highest BCUT2D eigenvalue weighted by Crippen LogP contribution is 2.39. The lowest BCUT2D eigenvalue weighted by atomic mass is 9.91. The lowest BCUT2D eigenvalue weighted by Gasteiger charge is -2.25. The Kier molecular flexibility index (Phi) is 7.40. The molecule has 3 atom stereocenters. The fourth-order valence-corrected chi connectivity index (χ4v) is 4.52. The van der Waals surface area contributed by atoms with Crippen molar-refractivity contribution in [3.63, 3.8) is 0 Å². The summed E-state index contributed by atoms with van der Waals surface area (Å²) < 4.78 is 11.1. The van der Waals surface area contributed by atoms with Crippen LogP contribution in [-0.4, -0.2) is 70.9 Å². The first-order chi connectivity index (χ1) is 15.8. The van der Waals surface area contributed by atoms with Crippen molar-refractivity contribution < 1.29 is 34.1 Å². The maximum Gasteiger partial charge on any atom is 0.252 e. The van der Waals surface area contributed by atoms with Gasteiger partial charge in [0, 0.05) is 17.5 Å². The smallest absolute Gasteiger partial charge is 0.252 e. The molecular weight excluding hydrogens is 440 g/mol. The molecule has 0 saturated carbocycles. The Morgan fingerprint density at radius 3 is 2.29 bits per heavy atom. The quantitative estimate of drug-likeness (QED) is 0.369. The zero-order valence-corrected chi connectivity index (χ0v) is 20.8. The van der Waals surface area contributed by atoms with Gasteiger partial charge >= 0.3 is 0 Å². The molecule has 9 nitrogen and oxygen atoms in total. The van der Waals surface area contributed by atoms with Crippen LogP contribution in [0.15, 0.2) is 6.07 Å². The number of fused-ring (bicyclic) bond motifs is 1. The summed E-state index contributed by atoms with van der Waals surface area (Å²) in [7, 11) is 0. The highest BCUT2D eigenvalue weighted by atomic mass is 16.6. The van der Waals surface area contributed by atoms with Crippen LogP contribution in [0.25, 0.3) is 0 Å². The monoisotopic (exact) mass is 476 g/mol. The first-order valence-corrected chi connectivity index (χ1v) is 11.7. The molecule has 0 aliphatic carbocycles. The van der Waals surface area contributed by atoms with Crippen molar-refractivity contribution in [1.82, 2.24) is 10.6 Å². The van der Waals surface area contributed by atoms with Gasteiger partial charge in [-0.1, -0.05) is 13.8 Å². The molecule has 2 heterocycles. The number of aryl methyl sites for hydroxylation is 1. The molecular formula is C25H36N2O7. The second-order valence-corrected chi connectivity index (χ2v) is 10.4. The number of amides is 2. The van der Waals surface area contributed by atoms with E-state index < -0.39 is 48.5 Å². The summed E-state index contributed by atoms with van der Waals surface area (Å²) in [6.07, 6.45) is 0.993. The molecule has 2 aliphatic rings. The minimum atomic E-state index is -1.28. The number of ether oxygens (including phenoxy) is 2. The number of carbonyl (C=O) groups excluding carboxylic acids is 3. The van der Waals surface area contributed by atoms with Crippen LogP contribution >= 0.6 is 0 Å². The number of benzene rings is 1. The van der Waals surface area contributed by atoms with Crippen molar-refractivity contribution in [2.45, 2.75) is 77.7 Å². The van der Waals surface area contributed by atoms with Crippen LogP contribution in [0.2, 0.25) is 0 Å². The van der Waals surface area contributed by atoms with Gasteiger partial charge in [0.05, 0.1) is 25.9 Å². The molecule has 1 fully saturated rings. The van der Waals surface area contributed by atoms with E-state index in [0.29, 0.717) is 24.0 Å². The Bertz CT molecular complexity index is 982. The molecule has 0 radical (unpaired) electrons. The largest absolute Gasteiger partial charge is 0.487 e. The summed E-state index contributed by atoms with van der Waals surface area (Å²) in [4.78, 5) is 39.0. The molecule has 0 aromatic heterocycles. The molecule has 2 amide bonds. The Labute approximate surface area is 200 Å². The zero-order chi connectivity index (χ0) is 25.4. The number of rotatable bonds is 10. The van der Waals surface area contributed by atoms with Crippen molar-refractivity contribution in [1.29, 1.82) is 0 Å². The van der Waals surface area contributed by atoms with Crippen molar-refractivity contribution in [3.05, 3.63) is 28.3 Å². The zero-order valence-electron chi connectivity index (χ0n) is 20.8. The predicted molar refractivity (Wildman–Crippen MR) is 125 cm³/mol. The third-order valence-electron chi connectivity index (χ3n) is 6.42. The lowest BCUT2D eigenvalue weighted by Crippen LogP contribution is -2.55. The summed E-state index contributed by atoms with van der Waals surface area (Å²) in [6, 6.07) is -0.336. The second kappa shape index (κ2) is 9.64. The van der Waals surface area contributed by atoms with E-state index in [1.54, 1.807) is 6.92 Å². The number of carbonyl (C=O) groups is 3. The molecule has 1 aromatic carbocycles. The molecule has 188 valence electrons. The molecule has 0 spiro atoms. The summed E-state index contributed by atoms with van der Waals surface area (Å²) in [5.74, 6) is -0.740. The molecule has 1 aromatic rings. The van der Waals surface area contributed by atoms with E-state index in [1.165, 1.54) is 0 Å². The Balaban J connectivity index is 1.76. The average molecular weight is 477 g/mol. The topological polar surface area (TPSA) is 137 Å². The van der Waals surface area contributed by atoms with E-state index in [-0.39, 0.29) is 18.1 Å². The molecule has 0 bridgehead atoms. The molecule has 3 rings (SSSR count). The summed E-state index contributed by atoms with van der Waals surface area (Å²) in [5, 5.41) is 24.6. The maximum atomic E-state index is 13.2. The van der Waals surface area contributed by atoms with Gasteiger partial charge in [-0.15, -0.1) is 0 Å². The van der Waals surface area contributed by atoms with Gasteiger partial charge in [0.15, 0.2) is 11.4 Å². The maximum absolute atomic E-state index is 13.2. The number of ketones is 1. The van der Waals surface area contributed by atoms with Gasteiger partial charge in [0.2, 0.25) is 5.91 Å². The summed E-state index contributed by atoms with van der Waals surface area (Å²) in [5.41, 5.74) is 1.22. The van der Waals surface area contributed by atoms with Crippen LogP contribution in [0.5, 0.6) is 5.75 Å². The van der Waals surface area contributed by atoms with Gasteiger partial charge in [-0.05, 0) is 57.2 Å². The van der Waals surface area contributed by atoms with Crippen LogP contribution in [-0.2, 0) is 20.7 Å². The van der Waals surface area contributed by atoms with Crippen LogP contribution in [0.4, 0.5) is 0 Å². The van der Waals surface area contributed by atoms with Crippen LogP contribution in [0, 0.1) is 19.8 Å². The fraction of sp³-hybridized carbons (Fsp3) is 0.640. The number of hydrogen-bond donors (Lipinski definition) is 4. The van der Waals surface area contributed by atoms with E-state index in [9.17, 15) is 24.6 Å². The van der Waals surface area contributed by atoms with Crippen LogP contribution in [0.1, 0.15) is 61.2 Å². The first-order valence-electron chi connectivity index (χ1n) is 11.7. The van der Waals surface area contributed by atoms with Crippen LogP contribution in [0.3, 0.4) is 0 Å². The number of hydrogen-bond acceptors (Lipinski definition) is 7. The van der Waals surface area contributed by atoms with E-state index in [1.807, 2.05) is 40.7 Å². The molecule has 4 N–H and O–H groups in total. The van der Waals surface area contributed by atoms with Crippen molar-refractivity contribution >= 4 is 17.6 Å². The highest BCUT2D eigenvalue weighted by Gasteiger charge is 2.54. The first kappa shape index (κ1) is 26.1. The third kappa shape index (κ3) is 5.26. The number of aliphatic hydroxyl groups is 2. The minimum Gasteiger partial charge on any atom is -0.487 e. The van der Waals surface area contributed by atoms with Gasteiger partial charge in [-0.25, -0.2) is 0 Å². The Morgan fingerprint density at radius 2 is 1.76 bits per heavy atom. The van der Waals surface area contributed by atoms with E-state index >= 15 is 0 Å². The van der Waals surface area contributed by atoms with Crippen molar-refractivity contribution in [2.24, 2.45) is 5.92 Å². The van der Waals surface area contributed by atoms with Crippen molar-refractivity contribution in [3.8, 4) is 5.75 Å². The number of Topliss-reactive ketones (excluding diaryl/α,β-unsaturated/α-hetero) is 1. The summed E-state index contributed by atoms with van der Waals surface area (Å²) in [6.45, 7) is 10.4. The third-order valence-corrected chi connectivity index (χ3v) is 6.42. The Morgan fingerprint density at radius 1 is 1.12 bits per heavy atom. The van der Waals surface area contributed by atoms with Gasteiger partial charge in [0.25, 0.3) is 5.91 Å². The van der Waals surface area contributed by atoms with Crippen LogP contribution < -0.4 is 15.4 Å². The van der Waals surface area contributed by atoms with Gasteiger partial charge in [-0.2, -0.15) is 0 Å². The van der Waals surface area contributed by atoms with E-state index in [2.05, 4.69) is 10.6 Å². The number of epoxide rings is 1.